The number of carbonyl (C=O) groups is 1. The average Bonchev–Trinajstić information content (AvgIpc) is 2.50. The molecule has 0 fully saturated rings. The molecule has 0 bridgehead atoms. The molecule has 84 valence electrons. The molecule has 1 atom stereocenters. The van der Waals surface area contributed by atoms with Gasteiger partial charge in [-0.05, 0) is 27.7 Å². The minimum atomic E-state index is -0.580. The summed E-state index contributed by atoms with van der Waals surface area (Å²) in [5.41, 5.74) is 0. The fourth-order valence-corrected chi connectivity index (χ4v) is 1.12. The van der Waals surface area contributed by atoms with Crippen molar-refractivity contribution in [2.24, 2.45) is 0 Å². The Hall–Kier alpha value is -0.840. The highest BCUT2D eigenvalue weighted by Crippen LogP contribution is 2.18. The normalized spacial score (nSPS) is 13.7. The van der Waals surface area contributed by atoms with Gasteiger partial charge in [-0.1, -0.05) is 15.9 Å². The third-order valence-electron chi connectivity index (χ3n) is 1.90. The molecule has 0 aliphatic carbocycles. The Morgan fingerprint density at radius 1 is 1.67 bits per heavy atom. The molecule has 0 saturated carbocycles. The zero-order valence-corrected chi connectivity index (χ0v) is 10.9. The summed E-state index contributed by atoms with van der Waals surface area (Å²) in [5, 5.41) is 2.81. The minimum absolute atomic E-state index is 0.0918. The predicted molar refractivity (Wildman–Crippen MR) is 60.8 cm³/mol. The summed E-state index contributed by atoms with van der Waals surface area (Å²) in [7, 11) is 0. The van der Waals surface area contributed by atoms with Crippen LogP contribution in [-0.2, 0) is 4.79 Å². The molecule has 0 aliphatic rings. The maximum atomic E-state index is 11.6. The summed E-state index contributed by atoms with van der Waals surface area (Å²) < 4.78 is 4.74. The van der Waals surface area contributed by atoms with E-state index in [1.165, 1.54) is 0 Å². The van der Waals surface area contributed by atoms with Crippen molar-refractivity contribution in [1.82, 2.24) is 10.3 Å². The summed E-state index contributed by atoms with van der Waals surface area (Å²) in [6.07, 6.45) is 1.64. The van der Waals surface area contributed by atoms with Gasteiger partial charge in [0.15, 0.2) is 0 Å². The molecule has 1 aromatic heterocycles. The van der Waals surface area contributed by atoms with Gasteiger partial charge in [-0.2, -0.15) is 0 Å². The lowest BCUT2D eigenvalue weighted by Crippen LogP contribution is -2.38. The lowest BCUT2D eigenvalue weighted by Gasteiger charge is -2.18. The molecule has 0 aliphatic heterocycles. The fraction of sp³-hybridized carbons (Fsp3) is 0.600. The van der Waals surface area contributed by atoms with Crippen LogP contribution in [0.3, 0.4) is 0 Å². The Kier molecular flexibility index (Phi) is 3.54. The molecule has 1 aromatic rings. The van der Waals surface area contributed by atoms with Gasteiger partial charge < -0.3 is 9.73 Å². The molecular formula is C10H15BrN2O2. The molecule has 0 saturated heterocycles. The molecule has 4 nitrogen and oxygen atoms in total. The summed E-state index contributed by atoms with van der Waals surface area (Å²) in [4.78, 5) is 15.7. The summed E-state index contributed by atoms with van der Waals surface area (Å²) in [5.74, 6) is 1.17. The van der Waals surface area contributed by atoms with Crippen molar-refractivity contribution in [3.8, 4) is 0 Å². The number of rotatable bonds is 3. The zero-order chi connectivity index (χ0) is 11.6. The molecule has 0 spiro atoms. The number of aryl methyl sites for hydroxylation is 1. The quantitative estimate of drug-likeness (QED) is 0.861. The Morgan fingerprint density at radius 2 is 2.27 bits per heavy atom. The number of aromatic nitrogens is 1. The van der Waals surface area contributed by atoms with Crippen LogP contribution in [0, 0.1) is 6.92 Å². The highest BCUT2D eigenvalue weighted by Gasteiger charge is 2.26. The van der Waals surface area contributed by atoms with E-state index >= 15 is 0 Å². The number of hydrogen-bond donors (Lipinski definition) is 1. The number of nitrogens with one attached hydrogen (secondary N) is 1. The first-order valence-corrected chi connectivity index (χ1v) is 5.52. The SMILES string of the molecule is Cc1cnc(C(C)NC(=O)C(C)(C)Br)o1. The van der Waals surface area contributed by atoms with Gasteiger partial charge >= 0.3 is 0 Å². The van der Waals surface area contributed by atoms with E-state index in [0.29, 0.717) is 5.89 Å². The lowest BCUT2D eigenvalue weighted by atomic mass is 10.2. The van der Waals surface area contributed by atoms with Crippen LogP contribution in [0.15, 0.2) is 10.6 Å². The van der Waals surface area contributed by atoms with Gasteiger partial charge in [0.25, 0.3) is 0 Å². The first-order valence-electron chi connectivity index (χ1n) is 4.73. The maximum Gasteiger partial charge on any atom is 0.236 e. The van der Waals surface area contributed by atoms with E-state index in [-0.39, 0.29) is 11.9 Å². The van der Waals surface area contributed by atoms with Crippen molar-refractivity contribution < 1.29 is 9.21 Å². The summed E-state index contributed by atoms with van der Waals surface area (Å²) in [6, 6.07) is -0.219. The molecule has 0 aromatic carbocycles. The third-order valence-corrected chi connectivity index (χ3v) is 2.26. The van der Waals surface area contributed by atoms with Gasteiger partial charge in [0.05, 0.1) is 10.5 Å². The lowest BCUT2D eigenvalue weighted by molar-refractivity contribution is -0.123. The van der Waals surface area contributed by atoms with Crippen LogP contribution >= 0.6 is 15.9 Å². The Bertz CT molecular complexity index is 355. The third kappa shape index (κ3) is 3.34. The van der Waals surface area contributed by atoms with Crippen LogP contribution in [0.5, 0.6) is 0 Å². The number of nitrogens with zero attached hydrogens (tertiary/aromatic N) is 1. The van der Waals surface area contributed by atoms with Crippen molar-refractivity contribution in [1.29, 1.82) is 0 Å². The number of oxazole rings is 1. The van der Waals surface area contributed by atoms with Crippen molar-refractivity contribution in [3.63, 3.8) is 0 Å². The van der Waals surface area contributed by atoms with Crippen molar-refractivity contribution in [3.05, 3.63) is 17.8 Å². The van der Waals surface area contributed by atoms with E-state index in [2.05, 4.69) is 26.2 Å². The second kappa shape index (κ2) is 4.35. The van der Waals surface area contributed by atoms with Crippen LogP contribution in [-0.4, -0.2) is 15.2 Å². The monoisotopic (exact) mass is 274 g/mol. The van der Waals surface area contributed by atoms with E-state index in [1.807, 2.05) is 13.8 Å². The molecule has 0 radical (unpaired) electrons. The molecule has 5 heteroatoms. The van der Waals surface area contributed by atoms with Gasteiger partial charge in [0.2, 0.25) is 11.8 Å². The summed E-state index contributed by atoms with van der Waals surface area (Å²) in [6.45, 7) is 7.23. The number of carbonyl (C=O) groups excluding carboxylic acids is 1. The van der Waals surface area contributed by atoms with Crippen LogP contribution in [0.2, 0.25) is 0 Å². The van der Waals surface area contributed by atoms with Crippen LogP contribution < -0.4 is 5.32 Å². The highest BCUT2D eigenvalue weighted by molar-refractivity contribution is 9.10. The predicted octanol–water partition coefficient (Wildman–Crippen LogP) is 2.33. The Balaban J connectivity index is 2.64. The molecule has 1 rings (SSSR count). The van der Waals surface area contributed by atoms with Gasteiger partial charge in [0, 0.05) is 0 Å². The molecule has 1 heterocycles. The maximum absolute atomic E-state index is 11.6. The highest BCUT2D eigenvalue weighted by atomic mass is 79.9. The zero-order valence-electron chi connectivity index (χ0n) is 9.30. The average molecular weight is 275 g/mol. The fourth-order valence-electron chi connectivity index (χ4n) is 1.00. The Labute approximate surface area is 97.6 Å². The number of halogens is 1. The number of hydrogen-bond acceptors (Lipinski definition) is 3. The number of amides is 1. The largest absolute Gasteiger partial charge is 0.444 e. The standard InChI is InChI=1S/C10H15BrN2O2/c1-6-5-12-8(15-6)7(2)13-9(14)10(3,4)11/h5,7H,1-4H3,(H,13,14). The Morgan fingerprint density at radius 3 is 2.67 bits per heavy atom. The van der Waals surface area contributed by atoms with Crippen molar-refractivity contribution >= 4 is 21.8 Å². The van der Waals surface area contributed by atoms with Gasteiger partial charge in [-0.15, -0.1) is 0 Å². The van der Waals surface area contributed by atoms with Crippen molar-refractivity contribution in [2.45, 2.75) is 38.1 Å². The minimum Gasteiger partial charge on any atom is -0.444 e. The van der Waals surface area contributed by atoms with Gasteiger partial charge in [0.1, 0.15) is 11.8 Å². The molecule has 15 heavy (non-hydrogen) atoms. The number of alkyl halides is 1. The second-order valence-corrected chi connectivity index (χ2v) is 5.96. The van der Waals surface area contributed by atoms with Gasteiger partial charge in [-0.25, -0.2) is 4.98 Å². The van der Waals surface area contributed by atoms with E-state index in [9.17, 15) is 4.79 Å². The summed E-state index contributed by atoms with van der Waals surface area (Å²) >= 11 is 3.29. The first kappa shape index (κ1) is 12.2. The van der Waals surface area contributed by atoms with E-state index < -0.39 is 4.32 Å². The first-order chi connectivity index (χ1) is 6.80. The van der Waals surface area contributed by atoms with Crippen LogP contribution in [0.1, 0.15) is 38.5 Å². The van der Waals surface area contributed by atoms with Crippen molar-refractivity contribution in [2.75, 3.05) is 0 Å². The van der Waals surface area contributed by atoms with E-state index in [4.69, 9.17) is 4.42 Å². The van der Waals surface area contributed by atoms with E-state index in [0.717, 1.165) is 5.76 Å². The second-order valence-electron chi connectivity index (χ2n) is 3.98. The smallest absolute Gasteiger partial charge is 0.236 e. The molecule has 1 amide bonds. The van der Waals surface area contributed by atoms with Crippen LogP contribution in [0.25, 0.3) is 0 Å². The van der Waals surface area contributed by atoms with Gasteiger partial charge in [-0.3, -0.25) is 4.79 Å². The topological polar surface area (TPSA) is 55.1 Å². The molecule has 1 unspecified atom stereocenters. The molecule has 1 N–H and O–H groups in total. The van der Waals surface area contributed by atoms with E-state index in [1.54, 1.807) is 20.0 Å². The molecular weight excluding hydrogens is 260 g/mol. The van der Waals surface area contributed by atoms with Crippen LogP contribution in [0.4, 0.5) is 0 Å².